The van der Waals surface area contributed by atoms with Gasteiger partial charge in [0, 0.05) is 10.9 Å². The Kier molecular flexibility index (Phi) is 5.82. The van der Waals surface area contributed by atoms with Crippen LogP contribution >= 0.6 is 15.9 Å². The van der Waals surface area contributed by atoms with Crippen molar-refractivity contribution >= 4 is 21.9 Å². The smallest absolute Gasteiger partial charge is 0.243 e. The van der Waals surface area contributed by atoms with Crippen molar-refractivity contribution in [2.24, 2.45) is 0 Å². The molecule has 0 aliphatic rings. The first-order valence-electron chi connectivity index (χ1n) is 6.19. The molecule has 0 fully saturated rings. The Morgan fingerprint density at radius 3 is 2.29 bits per heavy atom. The average molecular weight is 301 g/mol. The Hall–Kier alpha value is -0.710. The molecule has 0 saturated heterocycles. The van der Waals surface area contributed by atoms with Gasteiger partial charge in [-0.1, -0.05) is 36.7 Å². The third kappa shape index (κ3) is 4.58. The number of nitrogens with zero attached hydrogens (tertiary/aromatic N) is 3. The van der Waals surface area contributed by atoms with Crippen molar-refractivity contribution in [3.05, 3.63) is 11.4 Å². The van der Waals surface area contributed by atoms with Gasteiger partial charge in [-0.15, -0.1) is 5.10 Å². The molecule has 0 aliphatic carbocycles. The highest BCUT2D eigenvalue weighted by atomic mass is 79.9. The maximum absolute atomic E-state index is 4.51. The van der Waals surface area contributed by atoms with Gasteiger partial charge in [0.05, 0.1) is 11.4 Å². The minimum atomic E-state index is 0.336. The molecule has 1 rings (SSSR count). The van der Waals surface area contributed by atoms with Gasteiger partial charge in [0.1, 0.15) is 0 Å². The van der Waals surface area contributed by atoms with Gasteiger partial charge in [-0.3, -0.25) is 0 Å². The SMILES string of the molecule is CCc1nnc(NC(C)CC(C)Br)nc1CC. The molecule has 1 N–H and O–H groups in total. The van der Waals surface area contributed by atoms with Crippen LogP contribution in [0.2, 0.25) is 0 Å². The lowest BCUT2D eigenvalue weighted by Crippen LogP contribution is -2.21. The van der Waals surface area contributed by atoms with E-state index in [4.69, 9.17) is 0 Å². The van der Waals surface area contributed by atoms with Crippen LogP contribution in [0.3, 0.4) is 0 Å². The molecule has 0 bridgehead atoms. The summed E-state index contributed by atoms with van der Waals surface area (Å²) < 4.78 is 0. The molecule has 5 heteroatoms. The standard InChI is InChI=1S/C12H21BrN4/c1-5-10-11(6-2)16-17-12(15-10)14-9(4)7-8(3)13/h8-9H,5-7H2,1-4H3,(H,14,15,17). The highest BCUT2D eigenvalue weighted by Gasteiger charge is 2.10. The molecule has 2 unspecified atom stereocenters. The molecule has 0 spiro atoms. The first kappa shape index (κ1) is 14.4. The number of nitrogens with one attached hydrogen (secondary N) is 1. The van der Waals surface area contributed by atoms with E-state index in [0.29, 0.717) is 16.8 Å². The summed E-state index contributed by atoms with van der Waals surface area (Å²) in [4.78, 5) is 4.99. The average Bonchev–Trinajstić information content (AvgIpc) is 2.27. The summed E-state index contributed by atoms with van der Waals surface area (Å²) in [5.41, 5.74) is 2.05. The van der Waals surface area contributed by atoms with Crippen LogP contribution in [0.5, 0.6) is 0 Å². The molecule has 0 aliphatic heterocycles. The normalized spacial score (nSPS) is 14.4. The minimum Gasteiger partial charge on any atom is -0.350 e. The van der Waals surface area contributed by atoms with Crippen LogP contribution < -0.4 is 5.32 Å². The van der Waals surface area contributed by atoms with Crippen LogP contribution in [-0.2, 0) is 12.8 Å². The molecular weight excluding hydrogens is 280 g/mol. The van der Waals surface area contributed by atoms with Crippen LogP contribution in [0, 0.1) is 0 Å². The van der Waals surface area contributed by atoms with Crippen molar-refractivity contribution in [3.63, 3.8) is 0 Å². The fourth-order valence-electron chi connectivity index (χ4n) is 1.77. The topological polar surface area (TPSA) is 50.7 Å². The van der Waals surface area contributed by atoms with E-state index in [9.17, 15) is 0 Å². The molecule has 17 heavy (non-hydrogen) atoms. The van der Waals surface area contributed by atoms with E-state index in [1.807, 2.05) is 0 Å². The number of aryl methyl sites for hydroxylation is 2. The van der Waals surface area contributed by atoms with E-state index in [1.54, 1.807) is 0 Å². The molecule has 2 atom stereocenters. The van der Waals surface area contributed by atoms with Crippen molar-refractivity contribution in [1.82, 2.24) is 15.2 Å². The number of alkyl halides is 1. The van der Waals surface area contributed by atoms with E-state index in [0.717, 1.165) is 30.7 Å². The van der Waals surface area contributed by atoms with E-state index in [2.05, 4.69) is 64.1 Å². The maximum atomic E-state index is 4.51. The number of hydrogen-bond donors (Lipinski definition) is 1. The second-order valence-corrected chi connectivity index (χ2v) is 5.86. The van der Waals surface area contributed by atoms with Crippen LogP contribution in [-0.4, -0.2) is 26.1 Å². The fourth-order valence-corrected chi connectivity index (χ4v) is 2.33. The molecule has 96 valence electrons. The molecule has 1 aromatic heterocycles. The molecular formula is C12H21BrN4. The van der Waals surface area contributed by atoms with Crippen LogP contribution in [0.1, 0.15) is 45.5 Å². The summed E-state index contributed by atoms with van der Waals surface area (Å²) in [6, 6.07) is 0.336. The zero-order chi connectivity index (χ0) is 12.8. The molecule has 1 aromatic rings. The summed E-state index contributed by atoms with van der Waals surface area (Å²) in [5.74, 6) is 0.639. The lowest BCUT2D eigenvalue weighted by molar-refractivity contribution is 0.692. The van der Waals surface area contributed by atoms with Gasteiger partial charge in [-0.25, -0.2) is 4.98 Å². The first-order valence-corrected chi connectivity index (χ1v) is 7.11. The third-order valence-electron chi connectivity index (χ3n) is 2.56. The fraction of sp³-hybridized carbons (Fsp3) is 0.750. The van der Waals surface area contributed by atoms with Gasteiger partial charge in [0.2, 0.25) is 5.95 Å². The Labute approximate surface area is 112 Å². The summed E-state index contributed by atoms with van der Waals surface area (Å²) in [7, 11) is 0. The van der Waals surface area contributed by atoms with Gasteiger partial charge in [0.15, 0.2) is 0 Å². The molecule has 0 saturated carbocycles. The number of hydrogen-bond acceptors (Lipinski definition) is 4. The van der Waals surface area contributed by atoms with Crippen molar-refractivity contribution in [2.45, 2.75) is 57.8 Å². The first-order chi connectivity index (χ1) is 8.06. The van der Waals surface area contributed by atoms with E-state index < -0.39 is 0 Å². The largest absolute Gasteiger partial charge is 0.350 e. The van der Waals surface area contributed by atoms with Gasteiger partial charge in [0.25, 0.3) is 0 Å². The van der Waals surface area contributed by atoms with Crippen LogP contribution in [0.15, 0.2) is 0 Å². The molecule has 0 aromatic carbocycles. The van der Waals surface area contributed by atoms with Gasteiger partial charge in [-0.2, -0.15) is 5.10 Å². The molecule has 0 amide bonds. The summed E-state index contributed by atoms with van der Waals surface area (Å²) in [6.07, 6.45) is 2.81. The number of rotatable bonds is 6. The third-order valence-corrected chi connectivity index (χ3v) is 2.94. The summed E-state index contributed by atoms with van der Waals surface area (Å²) in [5, 5.41) is 11.6. The van der Waals surface area contributed by atoms with Crippen LogP contribution in [0.4, 0.5) is 5.95 Å². The zero-order valence-electron chi connectivity index (χ0n) is 11.0. The molecule has 0 radical (unpaired) electrons. The monoisotopic (exact) mass is 300 g/mol. The van der Waals surface area contributed by atoms with Crippen molar-refractivity contribution in [3.8, 4) is 0 Å². The Morgan fingerprint density at radius 2 is 1.76 bits per heavy atom. The summed E-state index contributed by atoms with van der Waals surface area (Å²) in [6.45, 7) is 8.43. The molecule has 4 nitrogen and oxygen atoms in total. The van der Waals surface area contributed by atoms with E-state index in [1.165, 1.54) is 0 Å². The van der Waals surface area contributed by atoms with Crippen LogP contribution in [0.25, 0.3) is 0 Å². The highest BCUT2D eigenvalue weighted by molar-refractivity contribution is 9.09. The number of aromatic nitrogens is 3. The highest BCUT2D eigenvalue weighted by Crippen LogP contribution is 2.12. The van der Waals surface area contributed by atoms with Gasteiger partial charge >= 0.3 is 0 Å². The minimum absolute atomic E-state index is 0.336. The van der Waals surface area contributed by atoms with Crippen molar-refractivity contribution < 1.29 is 0 Å². The Morgan fingerprint density at radius 1 is 1.12 bits per heavy atom. The number of anilines is 1. The van der Waals surface area contributed by atoms with E-state index >= 15 is 0 Å². The van der Waals surface area contributed by atoms with Gasteiger partial charge in [-0.05, 0) is 26.2 Å². The second-order valence-electron chi connectivity index (χ2n) is 4.30. The van der Waals surface area contributed by atoms with Gasteiger partial charge < -0.3 is 5.32 Å². The zero-order valence-corrected chi connectivity index (χ0v) is 12.6. The lowest BCUT2D eigenvalue weighted by atomic mass is 10.2. The predicted molar refractivity (Wildman–Crippen MR) is 74.7 cm³/mol. The van der Waals surface area contributed by atoms with Crippen molar-refractivity contribution in [1.29, 1.82) is 0 Å². The lowest BCUT2D eigenvalue weighted by Gasteiger charge is -2.15. The second kappa shape index (κ2) is 6.89. The predicted octanol–water partition coefficient (Wildman–Crippen LogP) is 2.97. The Balaban J connectivity index is 2.72. The Bertz CT molecular complexity index is 354. The quantitative estimate of drug-likeness (QED) is 0.821. The maximum Gasteiger partial charge on any atom is 0.243 e. The van der Waals surface area contributed by atoms with E-state index in [-0.39, 0.29) is 0 Å². The molecule has 1 heterocycles. The number of halogens is 1. The summed E-state index contributed by atoms with van der Waals surface area (Å²) >= 11 is 3.54. The van der Waals surface area contributed by atoms with Crippen molar-refractivity contribution in [2.75, 3.05) is 5.32 Å².